The van der Waals surface area contributed by atoms with E-state index >= 15 is 0 Å². The van der Waals surface area contributed by atoms with Crippen molar-refractivity contribution in [3.63, 3.8) is 0 Å². The molecular weight excluding hydrogens is 310 g/mol. The average Bonchev–Trinajstić information content (AvgIpc) is 2.43. The van der Waals surface area contributed by atoms with Gasteiger partial charge in [0.1, 0.15) is 6.04 Å². The Morgan fingerprint density at radius 3 is 2.52 bits per heavy atom. The molecule has 0 fully saturated rings. The molecule has 1 aromatic rings. The first-order valence-electron chi connectivity index (χ1n) is 8.39. The molecule has 0 unspecified atom stereocenters. The zero-order chi connectivity index (χ0) is 17.5. The van der Waals surface area contributed by atoms with Gasteiger partial charge in [0, 0.05) is 5.02 Å². The van der Waals surface area contributed by atoms with E-state index in [9.17, 15) is 4.79 Å². The Kier molecular flexibility index (Phi) is 8.07. The van der Waals surface area contributed by atoms with Crippen molar-refractivity contribution in [2.45, 2.75) is 53.5 Å². The Labute approximate surface area is 145 Å². The van der Waals surface area contributed by atoms with Crippen molar-refractivity contribution >= 4 is 17.6 Å². The van der Waals surface area contributed by atoms with E-state index in [2.05, 4.69) is 33.0 Å². The molecule has 0 aliphatic carbocycles. The van der Waals surface area contributed by atoms with Crippen LogP contribution in [-0.4, -0.2) is 19.1 Å². The highest BCUT2D eigenvalue weighted by Gasteiger charge is 2.24. The molecule has 4 heteroatoms. The van der Waals surface area contributed by atoms with E-state index in [1.54, 1.807) is 6.07 Å². The first-order valence-corrected chi connectivity index (χ1v) is 8.77. The number of ether oxygens (including phenoxy) is 1. The molecule has 0 saturated carbocycles. The minimum absolute atomic E-state index is 0.274. The lowest BCUT2D eigenvalue weighted by molar-refractivity contribution is -0.145. The van der Waals surface area contributed by atoms with Crippen LogP contribution in [-0.2, 0) is 9.53 Å². The maximum absolute atomic E-state index is 12.3. The number of hydrogen-bond donors (Lipinski definition) is 1. The van der Waals surface area contributed by atoms with Gasteiger partial charge in [0.2, 0.25) is 0 Å². The van der Waals surface area contributed by atoms with Crippen LogP contribution in [0.1, 0.15) is 59.1 Å². The summed E-state index contributed by atoms with van der Waals surface area (Å²) in [5.41, 5.74) is 1.10. The van der Waals surface area contributed by atoms with Crippen LogP contribution in [0.2, 0.25) is 5.02 Å². The Morgan fingerprint density at radius 1 is 1.30 bits per heavy atom. The van der Waals surface area contributed by atoms with Crippen molar-refractivity contribution in [2.75, 3.05) is 13.2 Å². The summed E-state index contributed by atoms with van der Waals surface area (Å²) in [4.78, 5) is 12.3. The highest BCUT2D eigenvalue weighted by molar-refractivity contribution is 6.31. The Balaban J connectivity index is 2.68. The predicted molar refractivity (Wildman–Crippen MR) is 96.7 cm³/mol. The number of halogens is 1. The summed E-state index contributed by atoms with van der Waals surface area (Å²) in [6.45, 7) is 11.9. The SMILES string of the molecule is CCOC(=O)[C@H](NCC[C@@H](C)CC(C)(C)C)c1ccccc1Cl. The Bertz CT molecular complexity index is 496. The summed E-state index contributed by atoms with van der Waals surface area (Å²) in [5, 5.41) is 3.90. The van der Waals surface area contributed by atoms with Crippen LogP contribution >= 0.6 is 11.6 Å². The maximum atomic E-state index is 12.3. The fraction of sp³-hybridized carbons (Fsp3) is 0.632. The van der Waals surface area contributed by atoms with Crippen LogP contribution in [0, 0.1) is 11.3 Å². The highest BCUT2D eigenvalue weighted by Crippen LogP contribution is 2.27. The Morgan fingerprint density at radius 2 is 1.96 bits per heavy atom. The normalized spacial score (nSPS) is 14.3. The zero-order valence-electron chi connectivity index (χ0n) is 15.0. The van der Waals surface area contributed by atoms with Crippen molar-refractivity contribution in [1.82, 2.24) is 5.32 Å². The Hall–Kier alpha value is -1.06. The van der Waals surface area contributed by atoms with Crippen molar-refractivity contribution < 1.29 is 9.53 Å². The molecule has 0 radical (unpaired) electrons. The zero-order valence-corrected chi connectivity index (χ0v) is 15.7. The molecule has 0 heterocycles. The van der Waals surface area contributed by atoms with Gasteiger partial charge in [-0.25, -0.2) is 4.79 Å². The van der Waals surface area contributed by atoms with E-state index in [1.165, 1.54) is 0 Å². The van der Waals surface area contributed by atoms with Crippen molar-refractivity contribution in [3.8, 4) is 0 Å². The van der Waals surface area contributed by atoms with Gasteiger partial charge in [-0.15, -0.1) is 0 Å². The molecule has 3 nitrogen and oxygen atoms in total. The molecule has 1 aromatic carbocycles. The molecule has 130 valence electrons. The van der Waals surface area contributed by atoms with E-state index in [4.69, 9.17) is 16.3 Å². The second kappa shape index (κ2) is 9.29. The first kappa shape index (κ1) is 20.0. The van der Waals surface area contributed by atoms with Crippen LogP contribution in [0.4, 0.5) is 0 Å². The monoisotopic (exact) mass is 339 g/mol. The van der Waals surface area contributed by atoms with Crippen molar-refractivity contribution in [3.05, 3.63) is 34.9 Å². The van der Waals surface area contributed by atoms with Crippen LogP contribution in [0.3, 0.4) is 0 Å². The number of esters is 1. The fourth-order valence-corrected chi connectivity index (χ4v) is 3.12. The highest BCUT2D eigenvalue weighted by atomic mass is 35.5. The summed E-state index contributed by atoms with van der Waals surface area (Å²) in [5.74, 6) is 0.320. The lowest BCUT2D eigenvalue weighted by atomic mass is 9.84. The van der Waals surface area contributed by atoms with Crippen molar-refractivity contribution in [1.29, 1.82) is 0 Å². The number of benzene rings is 1. The third kappa shape index (κ3) is 7.36. The quantitative estimate of drug-likeness (QED) is 0.677. The van der Waals surface area contributed by atoms with E-state index < -0.39 is 6.04 Å². The van der Waals surface area contributed by atoms with Gasteiger partial charge in [-0.2, -0.15) is 0 Å². The van der Waals surface area contributed by atoms with Gasteiger partial charge in [0.25, 0.3) is 0 Å². The van der Waals surface area contributed by atoms with Gasteiger partial charge in [0.15, 0.2) is 0 Å². The van der Waals surface area contributed by atoms with E-state index in [1.807, 2.05) is 25.1 Å². The molecule has 1 N–H and O–H groups in total. The molecular formula is C19H30ClNO2. The molecule has 0 aromatic heterocycles. The molecule has 1 rings (SSSR count). The van der Waals surface area contributed by atoms with Gasteiger partial charge in [-0.05, 0) is 49.3 Å². The molecule has 0 saturated heterocycles. The number of hydrogen-bond acceptors (Lipinski definition) is 3. The summed E-state index contributed by atoms with van der Waals surface area (Å²) in [6, 6.07) is 6.91. The second-order valence-corrected chi connectivity index (χ2v) is 7.73. The van der Waals surface area contributed by atoms with Crippen LogP contribution in [0.5, 0.6) is 0 Å². The average molecular weight is 340 g/mol. The topological polar surface area (TPSA) is 38.3 Å². The van der Waals surface area contributed by atoms with Gasteiger partial charge in [0.05, 0.1) is 6.61 Å². The summed E-state index contributed by atoms with van der Waals surface area (Å²) in [6.07, 6.45) is 2.17. The largest absolute Gasteiger partial charge is 0.465 e. The smallest absolute Gasteiger partial charge is 0.327 e. The van der Waals surface area contributed by atoms with E-state index in [0.29, 0.717) is 23.0 Å². The summed E-state index contributed by atoms with van der Waals surface area (Å²) in [7, 11) is 0. The molecule has 23 heavy (non-hydrogen) atoms. The molecule has 0 spiro atoms. The van der Waals surface area contributed by atoms with Crippen molar-refractivity contribution in [2.24, 2.45) is 11.3 Å². The fourth-order valence-electron chi connectivity index (χ4n) is 2.88. The third-order valence-electron chi connectivity index (χ3n) is 3.68. The summed E-state index contributed by atoms with van der Waals surface area (Å²) < 4.78 is 5.19. The predicted octanol–water partition coefficient (Wildman–Crippen LogP) is 5.00. The molecule has 0 aliphatic heterocycles. The minimum Gasteiger partial charge on any atom is -0.465 e. The maximum Gasteiger partial charge on any atom is 0.327 e. The molecule has 0 amide bonds. The van der Waals surface area contributed by atoms with Crippen LogP contribution in [0.25, 0.3) is 0 Å². The van der Waals surface area contributed by atoms with Crippen LogP contribution < -0.4 is 5.32 Å². The van der Waals surface area contributed by atoms with Gasteiger partial charge in [-0.1, -0.05) is 57.5 Å². The molecule has 0 bridgehead atoms. The second-order valence-electron chi connectivity index (χ2n) is 7.32. The first-order chi connectivity index (χ1) is 10.7. The van der Waals surface area contributed by atoms with Gasteiger partial charge in [-0.3, -0.25) is 0 Å². The third-order valence-corrected chi connectivity index (χ3v) is 4.03. The number of carbonyl (C=O) groups is 1. The number of rotatable bonds is 8. The van der Waals surface area contributed by atoms with E-state index in [0.717, 1.165) is 24.9 Å². The van der Waals surface area contributed by atoms with E-state index in [-0.39, 0.29) is 5.97 Å². The minimum atomic E-state index is -0.509. The summed E-state index contributed by atoms with van der Waals surface area (Å²) >= 11 is 6.24. The number of nitrogens with one attached hydrogen (secondary N) is 1. The van der Waals surface area contributed by atoms with Gasteiger partial charge >= 0.3 is 5.97 Å². The van der Waals surface area contributed by atoms with Gasteiger partial charge < -0.3 is 10.1 Å². The lowest BCUT2D eigenvalue weighted by Gasteiger charge is -2.24. The number of carbonyl (C=O) groups excluding carboxylic acids is 1. The molecule has 0 aliphatic rings. The molecule has 2 atom stereocenters. The lowest BCUT2D eigenvalue weighted by Crippen LogP contribution is -2.32. The van der Waals surface area contributed by atoms with Crippen LogP contribution in [0.15, 0.2) is 24.3 Å². The standard InChI is InChI=1S/C19H30ClNO2/c1-6-23-18(22)17(15-9-7-8-10-16(15)20)21-12-11-14(2)13-19(3,4)5/h7-10,14,17,21H,6,11-13H2,1-5H3/t14-,17-/m1/s1.